The van der Waals surface area contributed by atoms with Crippen LogP contribution >= 0.6 is 15.9 Å². The molecule has 1 aromatic heterocycles. The smallest absolute Gasteiger partial charge is 0.163 e. The number of halogens is 1. The van der Waals surface area contributed by atoms with Crippen LogP contribution < -0.4 is 0 Å². The molecule has 0 saturated heterocycles. The Labute approximate surface area is 102 Å². The van der Waals surface area contributed by atoms with Crippen molar-refractivity contribution in [1.82, 2.24) is 14.8 Å². The van der Waals surface area contributed by atoms with Crippen LogP contribution in [-0.4, -0.2) is 19.9 Å². The number of aryl methyl sites for hydroxylation is 2. The quantitative estimate of drug-likeness (QED) is 0.918. The van der Waals surface area contributed by atoms with Crippen molar-refractivity contribution >= 4 is 15.9 Å². The summed E-state index contributed by atoms with van der Waals surface area (Å²) >= 11 is 3.52. The summed E-state index contributed by atoms with van der Waals surface area (Å²) in [5.74, 6) is 0.543. The van der Waals surface area contributed by atoms with Crippen molar-refractivity contribution in [2.75, 3.05) is 0 Å². The molecule has 16 heavy (non-hydrogen) atoms. The third-order valence-electron chi connectivity index (χ3n) is 2.46. The van der Waals surface area contributed by atoms with E-state index in [0.717, 1.165) is 21.3 Å². The Hall–Kier alpha value is -1.20. The van der Waals surface area contributed by atoms with Crippen LogP contribution in [0.4, 0.5) is 0 Å². The van der Waals surface area contributed by atoms with Gasteiger partial charge in [-0.3, -0.25) is 4.57 Å². The summed E-state index contributed by atoms with van der Waals surface area (Å²) in [5, 5.41) is 16.8. The Morgan fingerprint density at radius 2 is 1.94 bits per heavy atom. The SMILES string of the molecule is Cc1cc(-n2cnnc2CO)cc(C)c1Br. The van der Waals surface area contributed by atoms with Crippen molar-refractivity contribution in [2.45, 2.75) is 20.5 Å². The minimum Gasteiger partial charge on any atom is -0.388 e. The van der Waals surface area contributed by atoms with E-state index in [2.05, 4.69) is 26.1 Å². The van der Waals surface area contributed by atoms with E-state index < -0.39 is 0 Å². The maximum Gasteiger partial charge on any atom is 0.163 e. The predicted molar refractivity (Wildman–Crippen MR) is 64.5 cm³/mol. The van der Waals surface area contributed by atoms with Crippen LogP contribution in [0.2, 0.25) is 0 Å². The standard InChI is InChI=1S/C11H12BrN3O/c1-7-3-9(4-8(2)11(7)12)15-6-13-14-10(15)5-16/h3-4,6,16H,5H2,1-2H3. The van der Waals surface area contributed by atoms with E-state index in [1.54, 1.807) is 10.9 Å². The molecule has 0 spiro atoms. The van der Waals surface area contributed by atoms with Gasteiger partial charge in [0.05, 0.1) is 0 Å². The van der Waals surface area contributed by atoms with Gasteiger partial charge in [-0.1, -0.05) is 15.9 Å². The van der Waals surface area contributed by atoms with E-state index >= 15 is 0 Å². The first-order valence-electron chi connectivity index (χ1n) is 4.90. The fourth-order valence-electron chi connectivity index (χ4n) is 1.64. The van der Waals surface area contributed by atoms with Gasteiger partial charge in [0.1, 0.15) is 12.9 Å². The molecule has 0 amide bonds. The monoisotopic (exact) mass is 281 g/mol. The summed E-state index contributed by atoms with van der Waals surface area (Å²) in [4.78, 5) is 0. The largest absolute Gasteiger partial charge is 0.388 e. The molecule has 0 aliphatic rings. The number of aliphatic hydroxyl groups is 1. The highest BCUT2D eigenvalue weighted by Crippen LogP contribution is 2.24. The van der Waals surface area contributed by atoms with E-state index in [1.807, 2.05) is 26.0 Å². The molecule has 1 N–H and O–H groups in total. The molecular formula is C11H12BrN3O. The van der Waals surface area contributed by atoms with Gasteiger partial charge in [-0.25, -0.2) is 0 Å². The first-order valence-corrected chi connectivity index (χ1v) is 5.69. The van der Waals surface area contributed by atoms with Crippen molar-refractivity contribution in [3.8, 4) is 5.69 Å². The van der Waals surface area contributed by atoms with Gasteiger partial charge in [0.2, 0.25) is 0 Å². The zero-order chi connectivity index (χ0) is 11.7. The predicted octanol–water partition coefficient (Wildman–Crippen LogP) is 2.14. The van der Waals surface area contributed by atoms with Gasteiger partial charge in [-0.05, 0) is 37.1 Å². The summed E-state index contributed by atoms with van der Waals surface area (Å²) in [6, 6.07) is 4.05. The van der Waals surface area contributed by atoms with Crippen LogP contribution in [0.5, 0.6) is 0 Å². The van der Waals surface area contributed by atoms with E-state index in [4.69, 9.17) is 5.11 Å². The Kier molecular flexibility index (Phi) is 3.07. The number of hydrogen-bond donors (Lipinski definition) is 1. The first-order chi connectivity index (χ1) is 7.63. The van der Waals surface area contributed by atoms with Gasteiger partial charge < -0.3 is 5.11 Å². The molecule has 5 heteroatoms. The van der Waals surface area contributed by atoms with Crippen LogP contribution in [0, 0.1) is 13.8 Å². The van der Waals surface area contributed by atoms with E-state index in [0.29, 0.717) is 5.82 Å². The van der Waals surface area contributed by atoms with Gasteiger partial charge in [0, 0.05) is 10.2 Å². The molecule has 1 aromatic carbocycles. The Balaban J connectivity index is 2.57. The fraction of sp³-hybridized carbons (Fsp3) is 0.273. The van der Waals surface area contributed by atoms with Crippen LogP contribution in [0.15, 0.2) is 22.9 Å². The average molecular weight is 282 g/mol. The lowest BCUT2D eigenvalue weighted by atomic mass is 10.1. The average Bonchev–Trinajstić information content (AvgIpc) is 2.73. The van der Waals surface area contributed by atoms with Crippen LogP contribution in [0.25, 0.3) is 5.69 Å². The second-order valence-electron chi connectivity index (χ2n) is 3.67. The van der Waals surface area contributed by atoms with Gasteiger partial charge >= 0.3 is 0 Å². The number of nitrogens with zero attached hydrogens (tertiary/aromatic N) is 3. The lowest BCUT2D eigenvalue weighted by molar-refractivity contribution is 0.269. The first kappa shape index (κ1) is 11.3. The lowest BCUT2D eigenvalue weighted by Crippen LogP contribution is -2.01. The van der Waals surface area contributed by atoms with Crippen LogP contribution in [0.3, 0.4) is 0 Å². The Morgan fingerprint density at radius 3 is 2.50 bits per heavy atom. The second-order valence-corrected chi connectivity index (χ2v) is 4.46. The van der Waals surface area contributed by atoms with Crippen molar-refractivity contribution in [1.29, 1.82) is 0 Å². The molecule has 2 rings (SSSR count). The Bertz CT molecular complexity index is 499. The van der Waals surface area contributed by atoms with Crippen LogP contribution in [0.1, 0.15) is 17.0 Å². The minimum atomic E-state index is -0.117. The highest BCUT2D eigenvalue weighted by atomic mass is 79.9. The molecule has 0 aliphatic carbocycles. The van der Waals surface area contributed by atoms with Crippen molar-refractivity contribution in [2.24, 2.45) is 0 Å². The minimum absolute atomic E-state index is 0.117. The molecule has 4 nitrogen and oxygen atoms in total. The molecule has 0 bridgehead atoms. The third kappa shape index (κ3) is 1.88. The maximum absolute atomic E-state index is 9.13. The van der Waals surface area contributed by atoms with Gasteiger partial charge in [0.25, 0.3) is 0 Å². The van der Waals surface area contributed by atoms with Crippen molar-refractivity contribution in [3.05, 3.63) is 39.9 Å². The Morgan fingerprint density at radius 1 is 1.31 bits per heavy atom. The summed E-state index contributed by atoms with van der Waals surface area (Å²) in [5.41, 5.74) is 3.26. The third-order valence-corrected chi connectivity index (χ3v) is 3.71. The van der Waals surface area contributed by atoms with Crippen molar-refractivity contribution < 1.29 is 5.11 Å². The molecule has 2 aromatic rings. The van der Waals surface area contributed by atoms with Crippen molar-refractivity contribution in [3.63, 3.8) is 0 Å². The topological polar surface area (TPSA) is 50.9 Å². The number of aromatic nitrogens is 3. The number of benzene rings is 1. The number of hydrogen-bond acceptors (Lipinski definition) is 3. The van der Waals surface area contributed by atoms with Gasteiger partial charge in [0.15, 0.2) is 5.82 Å². The molecule has 0 radical (unpaired) electrons. The molecule has 0 aliphatic heterocycles. The highest BCUT2D eigenvalue weighted by Gasteiger charge is 2.08. The summed E-state index contributed by atoms with van der Waals surface area (Å²) in [6.07, 6.45) is 1.60. The summed E-state index contributed by atoms with van der Waals surface area (Å²) < 4.78 is 2.89. The van der Waals surface area contributed by atoms with Gasteiger partial charge in [-0.15, -0.1) is 10.2 Å². The molecule has 1 heterocycles. The summed E-state index contributed by atoms with van der Waals surface area (Å²) in [7, 11) is 0. The number of aliphatic hydroxyl groups excluding tert-OH is 1. The van der Waals surface area contributed by atoms with E-state index in [-0.39, 0.29) is 6.61 Å². The molecule has 84 valence electrons. The molecule has 0 fully saturated rings. The maximum atomic E-state index is 9.13. The zero-order valence-electron chi connectivity index (χ0n) is 9.11. The van der Waals surface area contributed by atoms with E-state index in [1.165, 1.54) is 0 Å². The molecule has 0 unspecified atom stereocenters. The molecular weight excluding hydrogens is 270 g/mol. The van der Waals surface area contributed by atoms with E-state index in [9.17, 15) is 0 Å². The van der Waals surface area contributed by atoms with Gasteiger partial charge in [-0.2, -0.15) is 0 Å². The molecule has 0 saturated carbocycles. The second kappa shape index (κ2) is 4.35. The number of rotatable bonds is 2. The van der Waals surface area contributed by atoms with Crippen LogP contribution in [-0.2, 0) is 6.61 Å². The normalized spacial score (nSPS) is 10.8. The molecule has 0 atom stereocenters. The summed E-state index contributed by atoms with van der Waals surface area (Å²) in [6.45, 7) is 3.95. The highest BCUT2D eigenvalue weighted by molar-refractivity contribution is 9.10. The zero-order valence-corrected chi connectivity index (χ0v) is 10.7. The lowest BCUT2D eigenvalue weighted by Gasteiger charge is -2.09. The fourth-order valence-corrected chi connectivity index (χ4v) is 1.87.